The van der Waals surface area contributed by atoms with Crippen LogP contribution in [0.5, 0.6) is 0 Å². The van der Waals surface area contributed by atoms with Gasteiger partial charge in [-0.15, -0.1) is 0 Å². The minimum Gasteiger partial charge on any atom is -0.481 e. The SMILES string of the molecule is CC(=O)O.CC(=O)O.CC(C)(CO)CO.CCCCCCCCCCCCCCCCO. The molecule has 0 rings (SSSR count). The number of hydrogen-bond donors (Lipinski definition) is 5. The molecule has 0 bridgehead atoms. The number of aliphatic carboxylic acids is 2. The van der Waals surface area contributed by atoms with Gasteiger partial charge in [-0.2, -0.15) is 0 Å². The van der Waals surface area contributed by atoms with Crippen molar-refractivity contribution in [3.05, 3.63) is 0 Å². The first kappa shape index (κ1) is 38.1. The summed E-state index contributed by atoms with van der Waals surface area (Å²) in [6.45, 7) is 8.51. The van der Waals surface area contributed by atoms with E-state index >= 15 is 0 Å². The molecule has 0 fully saturated rings. The van der Waals surface area contributed by atoms with E-state index in [0.717, 1.165) is 20.3 Å². The van der Waals surface area contributed by atoms with Gasteiger partial charge >= 0.3 is 0 Å². The summed E-state index contributed by atoms with van der Waals surface area (Å²) in [5.74, 6) is -1.67. The highest BCUT2D eigenvalue weighted by molar-refractivity contribution is 5.63. The second kappa shape index (κ2) is 32.0. The highest BCUT2D eigenvalue weighted by atomic mass is 16.4. The van der Waals surface area contributed by atoms with Crippen LogP contribution in [-0.4, -0.2) is 57.3 Å². The first-order chi connectivity index (χ1) is 15.0. The Bertz CT molecular complexity index is 331. The fraction of sp³-hybridized carbons (Fsp3) is 0.920. The maximum Gasteiger partial charge on any atom is 0.300 e. The van der Waals surface area contributed by atoms with Crippen LogP contribution in [-0.2, 0) is 9.59 Å². The molecule has 0 saturated carbocycles. The molecule has 0 saturated heterocycles. The summed E-state index contributed by atoms with van der Waals surface area (Å²) in [7, 11) is 0. The van der Waals surface area contributed by atoms with Gasteiger partial charge in [0.2, 0.25) is 0 Å². The van der Waals surface area contributed by atoms with Crippen LogP contribution in [0, 0.1) is 5.41 Å². The molecule has 32 heavy (non-hydrogen) atoms. The first-order valence-corrected chi connectivity index (χ1v) is 12.2. The number of unbranched alkanes of at least 4 members (excludes halogenated alkanes) is 13. The van der Waals surface area contributed by atoms with E-state index in [1.54, 1.807) is 13.8 Å². The van der Waals surface area contributed by atoms with Gasteiger partial charge < -0.3 is 25.5 Å². The van der Waals surface area contributed by atoms with Gasteiger partial charge in [-0.05, 0) is 6.42 Å². The van der Waals surface area contributed by atoms with Crippen molar-refractivity contribution in [3.8, 4) is 0 Å². The Morgan fingerprint density at radius 1 is 0.562 bits per heavy atom. The molecule has 0 aromatic heterocycles. The molecular formula is C25H54O7. The summed E-state index contributed by atoms with van der Waals surface area (Å²) in [6.07, 6.45) is 19.2. The molecule has 0 unspecified atom stereocenters. The molecule has 0 spiro atoms. The number of carboxylic acids is 2. The van der Waals surface area contributed by atoms with Gasteiger partial charge in [0.1, 0.15) is 0 Å². The molecule has 0 aromatic rings. The average Bonchev–Trinajstić information content (AvgIpc) is 2.71. The maximum absolute atomic E-state index is 9.00. The van der Waals surface area contributed by atoms with Crippen LogP contribution in [0.25, 0.3) is 0 Å². The zero-order valence-corrected chi connectivity index (χ0v) is 21.6. The van der Waals surface area contributed by atoms with E-state index in [-0.39, 0.29) is 18.6 Å². The highest BCUT2D eigenvalue weighted by Gasteiger charge is 2.13. The van der Waals surface area contributed by atoms with Gasteiger partial charge in [0, 0.05) is 25.9 Å². The lowest BCUT2D eigenvalue weighted by atomic mass is 9.97. The number of hydrogen-bond acceptors (Lipinski definition) is 5. The molecule has 0 aliphatic rings. The van der Waals surface area contributed by atoms with Crippen molar-refractivity contribution >= 4 is 11.9 Å². The summed E-state index contributed by atoms with van der Waals surface area (Å²) in [5, 5.41) is 40.3. The second-order valence-electron chi connectivity index (χ2n) is 8.84. The molecule has 0 aliphatic heterocycles. The van der Waals surface area contributed by atoms with Crippen LogP contribution in [0.15, 0.2) is 0 Å². The van der Waals surface area contributed by atoms with Gasteiger partial charge in [0.05, 0.1) is 13.2 Å². The van der Waals surface area contributed by atoms with Crippen LogP contribution in [0.3, 0.4) is 0 Å². The van der Waals surface area contributed by atoms with Gasteiger partial charge in [-0.25, -0.2) is 0 Å². The number of carbonyl (C=O) groups is 2. The quantitative estimate of drug-likeness (QED) is 0.186. The van der Waals surface area contributed by atoms with Crippen LogP contribution in [0.2, 0.25) is 0 Å². The monoisotopic (exact) mass is 466 g/mol. The lowest BCUT2D eigenvalue weighted by molar-refractivity contribution is -0.135. The molecule has 0 heterocycles. The largest absolute Gasteiger partial charge is 0.481 e. The lowest BCUT2D eigenvalue weighted by Crippen LogP contribution is -2.20. The standard InChI is InChI=1S/C16H34O.C5H12O2.2C2H4O2/c1-2-3-4-5-6-7-8-9-10-11-12-13-14-15-16-17;1-5(2,3-6)4-7;2*1-2(3)4/h17H,2-16H2,1H3;6-7H,3-4H2,1-2H3;2*1H3,(H,3,4). The zero-order chi connectivity index (χ0) is 25.7. The highest BCUT2D eigenvalue weighted by Crippen LogP contribution is 2.12. The average molecular weight is 467 g/mol. The number of rotatable bonds is 16. The summed E-state index contributed by atoms with van der Waals surface area (Å²) >= 11 is 0. The fourth-order valence-corrected chi connectivity index (χ4v) is 2.36. The van der Waals surface area contributed by atoms with E-state index < -0.39 is 11.9 Å². The number of carboxylic acid groups (broad SMARTS) is 2. The Morgan fingerprint density at radius 3 is 0.938 bits per heavy atom. The molecule has 7 heteroatoms. The Hall–Kier alpha value is -1.18. The normalized spacial score (nSPS) is 10.0. The Kier molecular flexibility index (Phi) is 38.1. The van der Waals surface area contributed by atoms with Crippen LogP contribution < -0.4 is 0 Å². The lowest BCUT2D eigenvalue weighted by Gasteiger charge is -2.16. The number of aliphatic hydroxyl groups excluding tert-OH is 3. The van der Waals surface area contributed by atoms with Gasteiger partial charge in [-0.3, -0.25) is 9.59 Å². The molecule has 7 nitrogen and oxygen atoms in total. The van der Waals surface area contributed by atoms with Crippen molar-refractivity contribution in [2.75, 3.05) is 19.8 Å². The van der Waals surface area contributed by atoms with E-state index in [4.69, 9.17) is 35.1 Å². The smallest absolute Gasteiger partial charge is 0.300 e. The van der Waals surface area contributed by atoms with E-state index in [2.05, 4.69) is 6.92 Å². The van der Waals surface area contributed by atoms with E-state index in [9.17, 15) is 0 Å². The van der Waals surface area contributed by atoms with Crippen LogP contribution in [0.1, 0.15) is 125 Å². The summed E-state index contributed by atoms with van der Waals surface area (Å²) in [5.41, 5.74) is -0.306. The Morgan fingerprint density at radius 2 is 0.781 bits per heavy atom. The summed E-state index contributed by atoms with van der Waals surface area (Å²) < 4.78 is 0. The van der Waals surface area contributed by atoms with Crippen molar-refractivity contribution in [2.45, 2.75) is 125 Å². The molecule has 0 amide bonds. The van der Waals surface area contributed by atoms with E-state index in [1.807, 2.05) is 0 Å². The first-order valence-electron chi connectivity index (χ1n) is 12.2. The molecule has 0 aromatic carbocycles. The Balaban J connectivity index is -0.000000213. The van der Waals surface area contributed by atoms with E-state index in [1.165, 1.54) is 83.5 Å². The third-order valence-corrected chi connectivity index (χ3v) is 4.37. The maximum atomic E-state index is 9.00. The van der Waals surface area contributed by atoms with Crippen molar-refractivity contribution in [2.24, 2.45) is 5.41 Å². The topological polar surface area (TPSA) is 135 Å². The van der Waals surface area contributed by atoms with Gasteiger partial charge in [-0.1, -0.05) is 104 Å². The van der Waals surface area contributed by atoms with Crippen molar-refractivity contribution in [1.29, 1.82) is 0 Å². The second-order valence-corrected chi connectivity index (χ2v) is 8.84. The predicted octanol–water partition coefficient (Wildman–Crippen LogP) is 5.64. The minimum atomic E-state index is -0.833. The fourth-order valence-electron chi connectivity index (χ4n) is 2.36. The predicted molar refractivity (Wildman–Crippen MR) is 132 cm³/mol. The van der Waals surface area contributed by atoms with Crippen LogP contribution >= 0.6 is 0 Å². The van der Waals surface area contributed by atoms with Crippen molar-refractivity contribution in [1.82, 2.24) is 0 Å². The van der Waals surface area contributed by atoms with Gasteiger partial charge in [0.25, 0.3) is 11.9 Å². The number of aliphatic hydroxyl groups is 3. The Labute approximate surface area is 197 Å². The molecule has 0 aliphatic carbocycles. The minimum absolute atomic E-state index is 0.0451. The molecule has 0 radical (unpaired) electrons. The van der Waals surface area contributed by atoms with Crippen molar-refractivity contribution < 1.29 is 35.1 Å². The molecule has 0 atom stereocenters. The molecular weight excluding hydrogens is 412 g/mol. The third-order valence-electron chi connectivity index (χ3n) is 4.37. The van der Waals surface area contributed by atoms with Crippen molar-refractivity contribution in [3.63, 3.8) is 0 Å². The molecule has 196 valence electrons. The zero-order valence-electron chi connectivity index (χ0n) is 21.6. The van der Waals surface area contributed by atoms with Crippen LogP contribution in [0.4, 0.5) is 0 Å². The van der Waals surface area contributed by atoms with Gasteiger partial charge in [0.15, 0.2) is 0 Å². The summed E-state index contributed by atoms with van der Waals surface area (Å²) in [6, 6.07) is 0. The van der Waals surface area contributed by atoms with E-state index in [0.29, 0.717) is 6.61 Å². The molecule has 5 N–H and O–H groups in total. The third kappa shape index (κ3) is 63.0. The summed E-state index contributed by atoms with van der Waals surface area (Å²) in [4.78, 5) is 18.0.